The van der Waals surface area contributed by atoms with Gasteiger partial charge in [-0.15, -0.1) is 5.10 Å². The van der Waals surface area contributed by atoms with Gasteiger partial charge in [0.25, 0.3) is 0 Å². The SMILES string of the molecule is O=C(O)CO[C@@H]1[C@@H](n2cc(-c3cc(F)cc(F)c3)nn2)[C@@H](O)[C@@H](CO)O[C@@H]1Sc1ccc(Cl)c(Cl)c1. The topological polar surface area (TPSA) is 127 Å². The van der Waals surface area contributed by atoms with E-state index in [0.29, 0.717) is 16.0 Å². The molecule has 2 aromatic carbocycles. The molecule has 0 spiro atoms. The molecule has 0 saturated carbocycles. The number of benzene rings is 2. The molecular weight excluding hydrogens is 543 g/mol. The van der Waals surface area contributed by atoms with Crippen LogP contribution in [0.1, 0.15) is 6.04 Å². The van der Waals surface area contributed by atoms with E-state index in [2.05, 4.69) is 10.3 Å². The normalized spacial score (nSPS) is 24.1. The van der Waals surface area contributed by atoms with Crippen LogP contribution in [-0.4, -0.2) is 73.2 Å². The third kappa shape index (κ3) is 5.97. The molecule has 0 radical (unpaired) electrons. The molecule has 0 aliphatic carbocycles. The first-order chi connectivity index (χ1) is 17.2. The average Bonchev–Trinajstić information content (AvgIpc) is 3.30. The Bertz CT molecular complexity index is 1230. The van der Waals surface area contributed by atoms with Gasteiger partial charge >= 0.3 is 5.97 Å². The molecule has 3 aromatic rings. The van der Waals surface area contributed by atoms with Gasteiger partial charge in [0.1, 0.15) is 53.7 Å². The number of carboxylic acids is 1. The summed E-state index contributed by atoms with van der Waals surface area (Å²) in [5.74, 6) is -2.89. The molecule has 1 fully saturated rings. The molecule has 0 unspecified atom stereocenters. The van der Waals surface area contributed by atoms with Gasteiger partial charge in [0.15, 0.2) is 0 Å². The molecule has 192 valence electrons. The minimum absolute atomic E-state index is 0.0957. The van der Waals surface area contributed by atoms with Crippen molar-refractivity contribution in [2.75, 3.05) is 13.2 Å². The maximum atomic E-state index is 13.7. The Kier molecular flexibility index (Phi) is 8.45. The molecule has 14 heteroatoms. The van der Waals surface area contributed by atoms with Crippen LogP contribution in [0.5, 0.6) is 0 Å². The van der Waals surface area contributed by atoms with Gasteiger partial charge in [0.05, 0.1) is 22.8 Å². The number of rotatable bonds is 8. The second-order valence-electron chi connectivity index (χ2n) is 7.81. The monoisotopic (exact) mass is 561 g/mol. The van der Waals surface area contributed by atoms with E-state index in [0.717, 1.165) is 23.9 Å². The number of aliphatic hydroxyl groups is 2. The number of hydrogen-bond acceptors (Lipinski definition) is 8. The first kappa shape index (κ1) is 26.7. The van der Waals surface area contributed by atoms with Gasteiger partial charge in [0.2, 0.25) is 0 Å². The number of halogens is 4. The molecule has 3 N–H and O–H groups in total. The lowest BCUT2D eigenvalue weighted by Gasteiger charge is -2.43. The molecule has 36 heavy (non-hydrogen) atoms. The highest BCUT2D eigenvalue weighted by Gasteiger charge is 2.48. The maximum Gasteiger partial charge on any atom is 0.329 e. The molecule has 1 aliphatic heterocycles. The van der Waals surface area contributed by atoms with Crippen LogP contribution < -0.4 is 0 Å². The molecule has 9 nitrogen and oxygen atoms in total. The van der Waals surface area contributed by atoms with Crippen molar-refractivity contribution < 1.29 is 38.4 Å². The van der Waals surface area contributed by atoms with Gasteiger partial charge in [-0.2, -0.15) is 0 Å². The van der Waals surface area contributed by atoms with E-state index in [4.69, 9.17) is 32.7 Å². The summed E-state index contributed by atoms with van der Waals surface area (Å²) in [6, 6.07) is 6.56. The summed E-state index contributed by atoms with van der Waals surface area (Å²) in [6.07, 6.45) is -2.28. The fraction of sp³-hybridized carbons (Fsp3) is 0.318. The van der Waals surface area contributed by atoms with Crippen LogP contribution in [0.25, 0.3) is 11.3 Å². The zero-order valence-corrected chi connectivity index (χ0v) is 20.5. The molecule has 2 heterocycles. The number of carboxylic acid groups (broad SMARTS) is 1. The number of thioether (sulfide) groups is 1. The number of aromatic nitrogens is 3. The summed E-state index contributed by atoms with van der Waals surface area (Å²) in [6.45, 7) is -1.30. The van der Waals surface area contributed by atoms with Crippen molar-refractivity contribution in [3.05, 3.63) is 64.3 Å². The van der Waals surface area contributed by atoms with Crippen LogP contribution in [0, 0.1) is 11.6 Å². The smallest absolute Gasteiger partial charge is 0.329 e. The number of carbonyl (C=O) groups is 1. The highest BCUT2D eigenvalue weighted by molar-refractivity contribution is 7.99. The minimum Gasteiger partial charge on any atom is -0.480 e. The molecule has 4 rings (SSSR count). The summed E-state index contributed by atoms with van der Waals surface area (Å²) in [4.78, 5) is 11.9. The molecule has 5 atom stereocenters. The first-order valence-electron chi connectivity index (χ1n) is 10.4. The van der Waals surface area contributed by atoms with Crippen LogP contribution in [0.15, 0.2) is 47.5 Å². The van der Waals surface area contributed by atoms with Crippen molar-refractivity contribution in [1.82, 2.24) is 15.0 Å². The van der Waals surface area contributed by atoms with Gasteiger partial charge < -0.3 is 24.8 Å². The van der Waals surface area contributed by atoms with Crippen molar-refractivity contribution in [1.29, 1.82) is 0 Å². The molecule has 0 bridgehead atoms. The summed E-state index contributed by atoms with van der Waals surface area (Å²) in [5.41, 5.74) is -0.742. The molecule has 1 saturated heterocycles. The number of aliphatic carboxylic acids is 1. The summed E-state index contributed by atoms with van der Waals surface area (Å²) in [5, 5.41) is 38.6. The van der Waals surface area contributed by atoms with Crippen molar-refractivity contribution in [2.45, 2.75) is 34.7 Å². The molecule has 1 aromatic heterocycles. The lowest BCUT2D eigenvalue weighted by Crippen LogP contribution is -2.56. The van der Waals surface area contributed by atoms with E-state index in [9.17, 15) is 28.9 Å². The third-order valence-corrected chi connectivity index (χ3v) is 7.22. The average molecular weight is 562 g/mol. The molecule has 1 aliphatic rings. The summed E-state index contributed by atoms with van der Waals surface area (Å²) < 4.78 is 40.1. The van der Waals surface area contributed by atoms with Crippen LogP contribution in [-0.2, 0) is 14.3 Å². The Morgan fingerprint density at radius 1 is 1.17 bits per heavy atom. The highest BCUT2D eigenvalue weighted by atomic mass is 35.5. The van der Waals surface area contributed by atoms with E-state index in [1.54, 1.807) is 18.2 Å². The number of aliphatic hydroxyl groups excluding tert-OH is 2. The van der Waals surface area contributed by atoms with Crippen LogP contribution >= 0.6 is 35.0 Å². The quantitative estimate of drug-likeness (QED) is 0.379. The Hall–Kier alpha value is -2.32. The van der Waals surface area contributed by atoms with E-state index in [1.807, 2.05) is 0 Å². The third-order valence-electron chi connectivity index (χ3n) is 5.34. The maximum absolute atomic E-state index is 13.7. The number of ether oxygens (including phenoxy) is 2. The zero-order valence-electron chi connectivity index (χ0n) is 18.2. The van der Waals surface area contributed by atoms with E-state index in [-0.39, 0.29) is 16.3 Å². The molecule has 0 amide bonds. The standard InChI is InChI=1S/C22H19Cl2F2N3O6S/c23-14-2-1-13(6-15(14)24)36-22-21(34-9-18(31)32)19(20(33)17(8-30)35-22)29-7-16(27-28-29)10-3-11(25)5-12(26)4-10/h1-7,17,19-22,30,33H,8-9H2,(H,31,32)/t17-,19+,20+,21-,22-/m1/s1. The van der Waals surface area contributed by atoms with Gasteiger partial charge in [-0.3, -0.25) is 0 Å². The Morgan fingerprint density at radius 2 is 1.89 bits per heavy atom. The highest BCUT2D eigenvalue weighted by Crippen LogP contribution is 2.41. The lowest BCUT2D eigenvalue weighted by molar-refractivity contribution is -0.196. The van der Waals surface area contributed by atoms with Gasteiger partial charge in [-0.1, -0.05) is 40.2 Å². The van der Waals surface area contributed by atoms with E-state index < -0.39 is 60.6 Å². The predicted octanol–water partition coefficient (Wildman–Crippen LogP) is 3.41. The Labute approximate surface area is 217 Å². The van der Waals surface area contributed by atoms with E-state index >= 15 is 0 Å². The van der Waals surface area contributed by atoms with Crippen molar-refractivity contribution in [3.8, 4) is 11.3 Å². The summed E-state index contributed by atoms with van der Waals surface area (Å²) in [7, 11) is 0. The second kappa shape index (κ2) is 11.4. The summed E-state index contributed by atoms with van der Waals surface area (Å²) >= 11 is 13.2. The Morgan fingerprint density at radius 3 is 2.53 bits per heavy atom. The van der Waals surface area contributed by atoms with Gasteiger partial charge in [-0.05, 0) is 30.3 Å². The van der Waals surface area contributed by atoms with E-state index in [1.165, 1.54) is 10.9 Å². The van der Waals surface area contributed by atoms with Crippen LogP contribution in [0.4, 0.5) is 8.78 Å². The van der Waals surface area contributed by atoms with Crippen molar-refractivity contribution in [2.24, 2.45) is 0 Å². The second-order valence-corrected chi connectivity index (χ2v) is 9.80. The molecular formula is C22H19Cl2F2N3O6S. The predicted molar refractivity (Wildman–Crippen MR) is 126 cm³/mol. The van der Waals surface area contributed by atoms with Crippen LogP contribution in [0.3, 0.4) is 0 Å². The number of hydrogen-bond donors (Lipinski definition) is 3. The van der Waals surface area contributed by atoms with Crippen molar-refractivity contribution >= 4 is 40.9 Å². The minimum atomic E-state index is -1.40. The Balaban J connectivity index is 1.71. The van der Waals surface area contributed by atoms with Gasteiger partial charge in [0, 0.05) is 16.5 Å². The van der Waals surface area contributed by atoms with Gasteiger partial charge in [-0.25, -0.2) is 18.3 Å². The largest absolute Gasteiger partial charge is 0.480 e. The first-order valence-corrected chi connectivity index (χ1v) is 12.1. The lowest BCUT2D eigenvalue weighted by atomic mass is 9.97. The fourth-order valence-electron chi connectivity index (χ4n) is 3.74. The van der Waals surface area contributed by atoms with Crippen LogP contribution in [0.2, 0.25) is 10.0 Å². The fourth-order valence-corrected chi connectivity index (χ4v) is 5.28. The van der Waals surface area contributed by atoms with Crippen molar-refractivity contribution in [3.63, 3.8) is 0 Å². The number of nitrogens with zero attached hydrogens (tertiary/aromatic N) is 3. The zero-order chi connectivity index (χ0) is 26.0.